The second-order valence-corrected chi connectivity index (χ2v) is 4.44. The maximum absolute atomic E-state index is 11.7. The molecule has 0 saturated carbocycles. The third kappa shape index (κ3) is 5.01. The Balaban J connectivity index is 2.23. The van der Waals surface area contributed by atoms with Gasteiger partial charge < -0.3 is 20.3 Å². The summed E-state index contributed by atoms with van der Waals surface area (Å²) in [6.07, 6.45) is 1.63. The lowest BCUT2D eigenvalue weighted by Gasteiger charge is -2.32. The molecule has 0 aromatic heterocycles. The predicted octanol–water partition coefficient (Wildman–Crippen LogP) is -0.650. The van der Waals surface area contributed by atoms with Crippen molar-refractivity contribution in [2.24, 2.45) is 0 Å². The fraction of sp³-hybridized carbons (Fsp3) is 0.833. The van der Waals surface area contributed by atoms with E-state index in [2.05, 4.69) is 10.6 Å². The van der Waals surface area contributed by atoms with Crippen LogP contribution in [0.1, 0.15) is 19.8 Å². The van der Waals surface area contributed by atoms with Crippen LogP contribution in [0.4, 0.5) is 0 Å². The standard InChI is InChI=1S/C12H23N3O3/c1-3-13-8-12(17)15-6-4-10(5-7-15)14-11(16)9-18-2/h10,13H,3-9H2,1-2H3,(H,14,16). The summed E-state index contributed by atoms with van der Waals surface area (Å²) in [5.74, 6) is 0.0495. The van der Waals surface area contributed by atoms with Crippen LogP contribution in [0.15, 0.2) is 0 Å². The van der Waals surface area contributed by atoms with Crippen LogP contribution >= 0.6 is 0 Å². The summed E-state index contributed by atoms with van der Waals surface area (Å²) < 4.78 is 4.76. The molecule has 1 aliphatic rings. The first kappa shape index (κ1) is 14.9. The van der Waals surface area contributed by atoms with Gasteiger partial charge in [0, 0.05) is 26.2 Å². The minimum atomic E-state index is -0.0880. The maximum Gasteiger partial charge on any atom is 0.246 e. The summed E-state index contributed by atoms with van der Waals surface area (Å²) in [4.78, 5) is 24.9. The average Bonchev–Trinajstić information content (AvgIpc) is 2.37. The lowest BCUT2D eigenvalue weighted by atomic mass is 10.0. The van der Waals surface area contributed by atoms with Crippen LogP contribution in [0.5, 0.6) is 0 Å². The SMILES string of the molecule is CCNCC(=O)N1CCC(NC(=O)COC)CC1. The van der Waals surface area contributed by atoms with Gasteiger partial charge in [-0.2, -0.15) is 0 Å². The molecular weight excluding hydrogens is 234 g/mol. The molecule has 0 aromatic carbocycles. The Kier molecular flexibility index (Phi) is 6.67. The van der Waals surface area contributed by atoms with E-state index in [4.69, 9.17) is 4.74 Å². The predicted molar refractivity (Wildman–Crippen MR) is 68.2 cm³/mol. The monoisotopic (exact) mass is 257 g/mol. The number of nitrogens with zero attached hydrogens (tertiary/aromatic N) is 1. The number of methoxy groups -OCH3 is 1. The van der Waals surface area contributed by atoms with Gasteiger partial charge in [0.05, 0.1) is 6.54 Å². The molecule has 0 aliphatic carbocycles. The van der Waals surface area contributed by atoms with Crippen molar-refractivity contribution in [2.75, 3.05) is 39.9 Å². The van der Waals surface area contributed by atoms with Crippen molar-refractivity contribution in [3.8, 4) is 0 Å². The van der Waals surface area contributed by atoms with Crippen LogP contribution in [-0.4, -0.2) is 62.7 Å². The minimum absolute atomic E-state index is 0.0880. The van der Waals surface area contributed by atoms with Crippen LogP contribution in [-0.2, 0) is 14.3 Å². The number of amides is 2. The largest absolute Gasteiger partial charge is 0.375 e. The van der Waals surface area contributed by atoms with E-state index in [-0.39, 0.29) is 24.5 Å². The fourth-order valence-electron chi connectivity index (χ4n) is 2.02. The minimum Gasteiger partial charge on any atom is -0.375 e. The molecule has 1 aliphatic heterocycles. The number of likely N-dealkylation sites (tertiary alicyclic amines) is 1. The van der Waals surface area contributed by atoms with Gasteiger partial charge in [0.2, 0.25) is 11.8 Å². The van der Waals surface area contributed by atoms with Gasteiger partial charge in [0.15, 0.2) is 0 Å². The first-order valence-corrected chi connectivity index (χ1v) is 6.44. The number of hydrogen-bond acceptors (Lipinski definition) is 4. The smallest absolute Gasteiger partial charge is 0.246 e. The van der Waals surface area contributed by atoms with Crippen molar-refractivity contribution in [3.05, 3.63) is 0 Å². The van der Waals surface area contributed by atoms with E-state index in [0.29, 0.717) is 19.6 Å². The van der Waals surface area contributed by atoms with E-state index in [9.17, 15) is 9.59 Å². The molecule has 1 heterocycles. The summed E-state index contributed by atoms with van der Waals surface area (Å²) >= 11 is 0. The Bertz CT molecular complexity index is 276. The first-order valence-electron chi connectivity index (χ1n) is 6.44. The molecule has 18 heavy (non-hydrogen) atoms. The van der Waals surface area contributed by atoms with Crippen LogP contribution in [0, 0.1) is 0 Å². The molecular formula is C12H23N3O3. The molecule has 0 radical (unpaired) electrons. The highest BCUT2D eigenvalue weighted by molar-refractivity contribution is 5.79. The number of likely N-dealkylation sites (N-methyl/N-ethyl adjacent to an activating group) is 1. The third-order valence-corrected chi connectivity index (χ3v) is 3.01. The van der Waals surface area contributed by atoms with Gasteiger partial charge in [-0.3, -0.25) is 9.59 Å². The van der Waals surface area contributed by atoms with Crippen LogP contribution < -0.4 is 10.6 Å². The van der Waals surface area contributed by atoms with Crippen LogP contribution in [0.25, 0.3) is 0 Å². The van der Waals surface area contributed by atoms with Gasteiger partial charge in [-0.15, -0.1) is 0 Å². The Morgan fingerprint density at radius 1 is 1.33 bits per heavy atom. The molecule has 1 saturated heterocycles. The molecule has 6 nitrogen and oxygen atoms in total. The lowest BCUT2D eigenvalue weighted by Crippen LogP contribution is -2.49. The van der Waals surface area contributed by atoms with Gasteiger partial charge >= 0.3 is 0 Å². The number of ether oxygens (including phenoxy) is 1. The van der Waals surface area contributed by atoms with Gasteiger partial charge in [0.25, 0.3) is 0 Å². The summed E-state index contributed by atoms with van der Waals surface area (Å²) in [6.45, 7) is 4.70. The molecule has 1 rings (SSSR count). The van der Waals surface area contributed by atoms with Crippen LogP contribution in [0.2, 0.25) is 0 Å². The molecule has 0 aromatic rings. The molecule has 6 heteroatoms. The Labute approximate surface area is 108 Å². The Hall–Kier alpha value is -1.14. The molecule has 0 unspecified atom stereocenters. The van der Waals surface area contributed by atoms with Crippen LogP contribution in [0.3, 0.4) is 0 Å². The molecule has 2 amide bonds. The molecule has 0 atom stereocenters. The molecule has 0 spiro atoms. The van der Waals surface area contributed by atoms with E-state index >= 15 is 0 Å². The number of rotatable bonds is 6. The number of piperidine rings is 1. The number of hydrogen-bond donors (Lipinski definition) is 2. The molecule has 1 fully saturated rings. The van der Waals surface area contributed by atoms with Gasteiger partial charge in [-0.25, -0.2) is 0 Å². The summed E-state index contributed by atoms with van der Waals surface area (Å²) in [5.41, 5.74) is 0. The zero-order valence-electron chi connectivity index (χ0n) is 11.2. The van der Waals surface area contributed by atoms with E-state index in [0.717, 1.165) is 19.4 Å². The average molecular weight is 257 g/mol. The number of carbonyl (C=O) groups excluding carboxylic acids is 2. The summed E-state index contributed by atoms with van der Waals surface area (Å²) in [5, 5.41) is 5.93. The van der Waals surface area contributed by atoms with Crippen molar-refractivity contribution in [1.82, 2.24) is 15.5 Å². The molecule has 104 valence electrons. The summed E-state index contributed by atoms with van der Waals surface area (Å²) in [7, 11) is 1.50. The van der Waals surface area contributed by atoms with Crippen molar-refractivity contribution in [1.29, 1.82) is 0 Å². The zero-order valence-corrected chi connectivity index (χ0v) is 11.2. The number of carbonyl (C=O) groups is 2. The number of nitrogens with one attached hydrogen (secondary N) is 2. The van der Waals surface area contributed by atoms with Crippen molar-refractivity contribution in [3.63, 3.8) is 0 Å². The maximum atomic E-state index is 11.7. The van der Waals surface area contributed by atoms with E-state index in [1.165, 1.54) is 7.11 Å². The van der Waals surface area contributed by atoms with Gasteiger partial charge in [-0.1, -0.05) is 6.92 Å². The van der Waals surface area contributed by atoms with Gasteiger partial charge in [-0.05, 0) is 19.4 Å². The Morgan fingerprint density at radius 3 is 2.56 bits per heavy atom. The first-order chi connectivity index (χ1) is 8.67. The van der Waals surface area contributed by atoms with Crippen molar-refractivity contribution < 1.29 is 14.3 Å². The zero-order chi connectivity index (χ0) is 13.4. The highest BCUT2D eigenvalue weighted by Gasteiger charge is 2.23. The molecule has 0 bridgehead atoms. The van der Waals surface area contributed by atoms with E-state index in [1.54, 1.807) is 0 Å². The van der Waals surface area contributed by atoms with E-state index < -0.39 is 0 Å². The quantitative estimate of drug-likeness (QED) is 0.663. The normalized spacial score (nSPS) is 16.7. The van der Waals surface area contributed by atoms with Crippen molar-refractivity contribution in [2.45, 2.75) is 25.8 Å². The highest BCUT2D eigenvalue weighted by Crippen LogP contribution is 2.10. The topological polar surface area (TPSA) is 70.7 Å². The fourth-order valence-corrected chi connectivity index (χ4v) is 2.02. The lowest BCUT2D eigenvalue weighted by molar-refractivity contribution is -0.131. The second kappa shape index (κ2) is 8.05. The highest BCUT2D eigenvalue weighted by atomic mass is 16.5. The molecule has 2 N–H and O–H groups in total. The Morgan fingerprint density at radius 2 is 2.00 bits per heavy atom. The van der Waals surface area contributed by atoms with Crippen molar-refractivity contribution >= 4 is 11.8 Å². The van der Waals surface area contributed by atoms with Gasteiger partial charge in [0.1, 0.15) is 6.61 Å². The third-order valence-electron chi connectivity index (χ3n) is 3.01. The van der Waals surface area contributed by atoms with E-state index in [1.807, 2.05) is 11.8 Å². The second-order valence-electron chi connectivity index (χ2n) is 4.44. The summed E-state index contributed by atoms with van der Waals surface area (Å²) in [6, 6.07) is 0.163.